The van der Waals surface area contributed by atoms with E-state index >= 15 is 0 Å². The third-order valence-electron chi connectivity index (χ3n) is 8.09. The largest absolute Gasteiger partial charge is 0.467 e. The summed E-state index contributed by atoms with van der Waals surface area (Å²) in [5.74, 6) is 1.52. The number of ether oxygens (including phenoxy) is 2. The predicted octanol–water partition coefficient (Wildman–Crippen LogP) is 5.53. The van der Waals surface area contributed by atoms with Crippen LogP contribution in [0, 0.1) is 11.3 Å². The molecule has 1 saturated heterocycles. The van der Waals surface area contributed by atoms with Crippen molar-refractivity contribution in [1.29, 1.82) is 5.26 Å². The summed E-state index contributed by atoms with van der Waals surface area (Å²) in [7, 11) is 1.53. The van der Waals surface area contributed by atoms with E-state index < -0.39 is 0 Å². The second kappa shape index (κ2) is 17.0. The van der Waals surface area contributed by atoms with Gasteiger partial charge in [0.1, 0.15) is 23.3 Å². The number of nitrogens with zero attached hydrogens (tertiary/aromatic N) is 8. The highest BCUT2D eigenvalue weighted by molar-refractivity contribution is 5.92. The van der Waals surface area contributed by atoms with E-state index in [1.807, 2.05) is 59.2 Å². The summed E-state index contributed by atoms with van der Waals surface area (Å²) in [6.45, 7) is 6.92. The van der Waals surface area contributed by atoms with Crippen molar-refractivity contribution in [3.8, 4) is 23.2 Å². The third kappa shape index (κ3) is 8.71. The van der Waals surface area contributed by atoms with Crippen LogP contribution in [0.3, 0.4) is 0 Å². The third-order valence-corrected chi connectivity index (χ3v) is 8.09. The minimum absolute atomic E-state index is 0.0908. The molecule has 13 nitrogen and oxygen atoms in total. The number of carbonyl (C=O) groups is 1. The maximum atomic E-state index is 14.4. The second-order valence-corrected chi connectivity index (χ2v) is 11.5. The molecule has 4 heterocycles. The minimum Gasteiger partial charge on any atom is -0.467 e. The summed E-state index contributed by atoms with van der Waals surface area (Å²) in [5.41, 5.74) is 3.09. The molecule has 0 bridgehead atoms. The molecule has 2 N–H and O–H groups in total. The Labute approximate surface area is 281 Å². The molecular weight excluding hydrogens is 608 g/mol. The molecule has 0 spiro atoms. The zero-order valence-electron chi connectivity index (χ0n) is 27.7. The van der Waals surface area contributed by atoms with Crippen molar-refractivity contribution in [1.82, 2.24) is 29.8 Å². The molecule has 5 rings (SSSR count). The van der Waals surface area contributed by atoms with Crippen LogP contribution in [0.2, 0.25) is 0 Å². The number of methoxy groups -OCH3 is 1. The maximum Gasteiger partial charge on any atom is 0.326 e. The lowest BCUT2D eigenvalue weighted by atomic mass is 10.0. The van der Waals surface area contributed by atoms with Gasteiger partial charge in [-0.05, 0) is 43.9 Å². The lowest BCUT2D eigenvalue weighted by Crippen LogP contribution is -2.48. The van der Waals surface area contributed by atoms with Crippen LogP contribution < -0.4 is 20.3 Å². The number of aromatic nitrogens is 5. The number of pyridine rings is 1. The number of carbonyl (C=O) groups excluding carboxylic acids is 1. The smallest absolute Gasteiger partial charge is 0.326 e. The number of nitrogens with one attached hydrogen (secondary N) is 2. The van der Waals surface area contributed by atoms with Gasteiger partial charge in [0.2, 0.25) is 5.95 Å². The van der Waals surface area contributed by atoms with Crippen molar-refractivity contribution in [3.05, 3.63) is 78.4 Å². The average molecular weight is 651 g/mol. The molecule has 1 fully saturated rings. The molecule has 250 valence electrons. The van der Waals surface area contributed by atoms with Crippen LogP contribution in [0.1, 0.15) is 50.7 Å². The topological polar surface area (TPSA) is 154 Å². The van der Waals surface area contributed by atoms with E-state index in [0.717, 1.165) is 42.4 Å². The van der Waals surface area contributed by atoms with Crippen LogP contribution in [0.5, 0.6) is 6.01 Å². The van der Waals surface area contributed by atoms with E-state index in [0.29, 0.717) is 62.0 Å². The molecule has 3 aromatic heterocycles. The number of rotatable bonds is 16. The molecule has 0 saturated carbocycles. The first-order valence-electron chi connectivity index (χ1n) is 16.3. The summed E-state index contributed by atoms with van der Waals surface area (Å²) in [5, 5.41) is 16.0. The van der Waals surface area contributed by atoms with Crippen molar-refractivity contribution >= 4 is 23.6 Å². The Bertz CT molecular complexity index is 1640. The van der Waals surface area contributed by atoms with Gasteiger partial charge in [0.05, 0.1) is 32.6 Å². The van der Waals surface area contributed by atoms with E-state index in [4.69, 9.17) is 14.5 Å². The van der Waals surface area contributed by atoms with Crippen LogP contribution >= 0.6 is 0 Å². The standard InChI is InChI=1S/C35H42N10O3/c1-4-10-30(13-9-16-37-33-39-19-27(17-36)32(43-33)42-29-23-48-24-29)45(35(46)44(5-2)22-25-11-7-6-8-12-25)31-15-14-26(18-38-31)28-20-40-34(47-3)41-21-28/h6-8,11-12,14-15,18-21,29-30H,4-5,9-10,13,16,22-24H2,1-3H3,(H2,37,39,42,43)/t30-/m0/s1. The SMILES string of the molecule is CCC[C@@H](CCCNc1ncc(C#N)c(NC2COC2)n1)N(C(=O)N(CC)Cc1ccccc1)c1ccc(-c2cnc(OC)nc2)cn1. The summed E-state index contributed by atoms with van der Waals surface area (Å²) < 4.78 is 10.3. The van der Waals surface area contributed by atoms with E-state index in [9.17, 15) is 10.1 Å². The number of anilines is 3. The van der Waals surface area contributed by atoms with Gasteiger partial charge in [-0.3, -0.25) is 4.90 Å². The maximum absolute atomic E-state index is 14.4. The van der Waals surface area contributed by atoms with Gasteiger partial charge >= 0.3 is 12.0 Å². The molecule has 1 atom stereocenters. The molecule has 1 aliphatic rings. The van der Waals surface area contributed by atoms with Gasteiger partial charge in [-0.2, -0.15) is 10.2 Å². The molecule has 1 aliphatic heterocycles. The van der Waals surface area contributed by atoms with Crippen LogP contribution in [-0.2, 0) is 11.3 Å². The quantitative estimate of drug-likeness (QED) is 0.147. The number of hydrogen-bond acceptors (Lipinski definition) is 11. The first-order valence-corrected chi connectivity index (χ1v) is 16.3. The fraction of sp³-hybridized carbons (Fsp3) is 0.400. The van der Waals surface area contributed by atoms with Crippen molar-refractivity contribution in [3.63, 3.8) is 0 Å². The Kier molecular flexibility index (Phi) is 12.0. The average Bonchev–Trinajstić information content (AvgIpc) is 3.11. The first kappa shape index (κ1) is 34.0. The lowest BCUT2D eigenvalue weighted by molar-refractivity contribution is 0.0209. The zero-order chi connectivity index (χ0) is 33.7. The van der Waals surface area contributed by atoms with Crippen LogP contribution in [0.4, 0.5) is 22.4 Å². The highest BCUT2D eigenvalue weighted by Gasteiger charge is 2.29. The predicted molar refractivity (Wildman–Crippen MR) is 184 cm³/mol. The van der Waals surface area contributed by atoms with Gasteiger partial charge in [0.25, 0.3) is 0 Å². The van der Waals surface area contributed by atoms with E-state index in [1.54, 1.807) is 18.6 Å². The molecule has 2 amide bonds. The highest BCUT2D eigenvalue weighted by atomic mass is 16.5. The number of nitriles is 1. The summed E-state index contributed by atoms with van der Waals surface area (Å²) >= 11 is 0. The molecular formula is C35H42N10O3. The van der Waals surface area contributed by atoms with Crippen LogP contribution in [0.15, 0.2) is 67.3 Å². The second-order valence-electron chi connectivity index (χ2n) is 11.5. The number of amides is 2. The van der Waals surface area contributed by atoms with E-state index in [-0.39, 0.29) is 18.1 Å². The molecule has 1 aromatic carbocycles. The number of benzene rings is 1. The summed E-state index contributed by atoms with van der Waals surface area (Å²) in [4.78, 5) is 40.2. The van der Waals surface area contributed by atoms with Gasteiger partial charge in [0.15, 0.2) is 0 Å². The highest BCUT2D eigenvalue weighted by Crippen LogP contribution is 2.27. The molecule has 0 unspecified atom stereocenters. The monoisotopic (exact) mass is 650 g/mol. The van der Waals surface area contributed by atoms with Crippen LogP contribution in [0.25, 0.3) is 11.1 Å². The molecule has 48 heavy (non-hydrogen) atoms. The van der Waals surface area contributed by atoms with E-state index in [1.165, 1.54) is 13.3 Å². The fourth-order valence-corrected chi connectivity index (χ4v) is 5.43. The fourth-order valence-electron chi connectivity index (χ4n) is 5.43. The first-order chi connectivity index (χ1) is 23.5. The van der Waals surface area contributed by atoms with Gasteiger partial charge in [-0.15, -0.1) is 0 Å². The summed E-state index contributed by atoms with van der Waals surface area (Å²) in [6, 6.07) is 16.2. The van der Waals surface area contributed by atoms with E-state index in [2.05, 4.69) is 43.6 Å². The Morgan fingerprint density at radius 3 is 2.42 bits per heavy atom. The van der Waals surface area contributed by atoms with Crippen molar-refractivity contribution in [2.75, 3.05) is 48.9 Å². The normalized spacial score (nSPS) is 13.1. The van der Waals surface area contributed by atoms with Crippen molar-refractivity contribution in [2.45, 2.75) is 58.2 Å². The number of urea groups is 1. The lowest BCUT2D eigenvalue weighted by Gasteiger charge is -2.35. The van der Waals surface area contributed by atoms with Gasteiger partial charge in [-0.1, -0.05) is 43.7 Å². The summed E-state index contributed by atoms with van der Waals surface area (Å²) in [6.07, 6.45) is 9.83. The van der Waals surface area contributed by atoms with Crippen LogP contribution in [-0.4, -0.2) is 81.3 Å². The minimum atomic E-state index is -0.102. The molecule has 13 heteroatoms. The molecule has 4 aromatic rings. The Balaban J connectivity index is 1.33. The molecule has 0 radical (unpaired) electrons. The Hall–Kier alpha value is -5.35. The molecule has 0 aliphatic carbocycles. The van der Waals surface area contributed by atoms with Gasteiger partial charge in [-0.25, -0.2) is 24.7 Å². The Morgan fingerprint density at radius 2 is 1.79 bits per heavy atom. The number of hydrogen-bond donors (Lipinski definition) is 2. The van der Waals surface area contributed by atoms with Crippen molar-refractivity contribution < 1.29 is 14.3 Å². The zero-order valence-corrected chi connectivity index (χ0v) is 27.7. The van der Waals surface area contributed by atoms with Gasteiger partial charge < -0.3 is 25.0 Å². The Morgan fingerprint density at radius 1 is 1.02 bits per heavy atom. The van der Waals surface area contributed by atoms with Crippen molar-refractivity contribution in [2.24, 2.45) is 0 Å². The van der Waals surface area contributed by atoms with Gasteiger partial charge in [0, 0.05) is 55.4 Å².